The Kier molecular flexibility index (Phi) is 22.8. The van der Waals surface area contributed by atoms with E-state index in [9.17, 15) is 57.4 Å². The lowest BCUT2D eigenvalue weighted by atomic mass is 9.82. The maximum Gasteiger partial charge on any atom is 0.303 e. The second-order valence-corrected chi connectivity index (χ2v) is 18.6. The maximum absolute atomic E-state index is 15.3. The molecule has 0 fully saturated rings. The van der Waals surface area contributed by atoms with Crippen LogP contribution < -0.4 is 32.3 Å². The number of aliphatic hydroxyl groups excluding tert-OH is 1. The van der Waals surface area contributed by atoms with Gasteiger partial charge in [0, 0.05) is 74.8 Å². The Bertz CT molecular complexity index is 2440. The third-order valence-electron chi connectivity index (χ3n) is 11.4. The van der Waals surface area contributed by atoms with Gasteiger partial charge in [-0.05, 0) is 55.0 Å². The van der Waals surface area contributed by atoms with E-state index in [1.54, 1.807) is 37.6 Å². The molecule has 3 aromatic rings. The molecule has 5 atom stereocenters. The minimum Gasteiger partial charge on any atom is -0.481 e. The first-order chi connectivity index (χ1) is 33.8. The number of nitrogens with one attached hydrogen (secondary N) is 5. The van der Waals surface area contributed by atoms with Crippen LogP contribution in [0.5, 0.6) is 0 Å². The summed E-state index contributed by atoms with van der Waals surface area (Å²) in [6.45, 7) is 7.75. The number of hydrogen-bond donors (Lipinski definition) is 8. The standard InChI is InChI=1S/C50H66F2N8O12/c1-29(21-41(64)30(2)56-31(3)62)47(70)58-39(24-42(53)65)49(72)57-38(48(71)54-19-10-13-35(63)25-55-43(66)16-17-45(68)69)18-20-60(44(67)28-61)46(50(4,5)6)40-22-33(36-23-34(51)14-15-37(36)52)27-59(40)26-32-11-8-7-9-12-32/h7-9,11-12,14-15,22-23,27,29-30,38-39,46,61H,10,13,16-21,24-26,28H2,1-6H3,(H2,53,65)(H,54,71)(H,55,66)(H,56,62)(H,57,72)(H,58,70)(H,68,69)/t29-,30+,38+,39+,46+/m1/s1. The fourth-order valence-electron chi connectivity index (χ4n) is 7.81. The second-order valence-electron chi connectivity index (χ2n) is 18.6. The number of nitrogens with two attached hydrogens (primary N) is 1. The van der Waals surface area contributed by atoms with E-state index in [1.807, 2.05) is 30.3 Å². The number of Topliss-reactive ketones (excluding diaryl/α,β-unsaturated/α-hetero) is 2. The predicted molar refractivity (Wildman–Crippen MR) is 258 cm³/mol. The van der Waals surface area contributed by atoms with Crippen LogP contribution in [0.3, 0.4) is 0 Å². The molecule has 1 aromatic heterocycles. The van der Waals surface area contributed by atoms with Gasteiger partial charge in [0.1, 0.15) is 30.3 Å². The number of aliphatic hydroxyl groups is 1. The summed E-state index contributed by atoms with van der Waals surface area (Å²) in [6, 6.07) is 8.65. The molecule has 9 N–H and O–H groups in total. The molecular weight excluding hydrogens is 943 g/mol. The molecule has 0 aliphatic carbocycles. The van der Waals surface area contributed by atoms with E-state index in [4.69, 9.17) is 10.8 Å². The van der Waals surface area contributed by atoms with Crippen LogP contribution in [-0.2, 0) is 54.5 Å². The van der Waals surface area contributed by atoms with Gasteiger partial charge in [0.05, 0.1) is 31.5 Å². The van der Waals surface area contributed by atoms with Crippen molar-refractivity contribution in [1.82, 2.24) is 36.1 Å². The second kappa shape index (κ2) is 27.9. The lowest BCUT2D eigenvalue weighted by molar-refractivity contribution is -0.140. The molecular formula is C50H66F2N8O12. The molecule has 0 aliphatic heterocycles. The molecule has 7 amide bonds. The monoisotopic (exact) mass is 1010 g/mol. The van der Waals surface area contributed by atoms with Crippen molar-refractivity contribution in [2.24, 2.45) is 17.1 Å². The molecule has 0 bridgehead atoms. The Balaban J connectivity index is 2.02. The van der Waals surface area contributed by atoms with Gasteiger partial charge >= 0.3 is 5.97 Å². The minimum absolute atomic E-state index is 0.0433. The van der Waals surface area contributed by atoms with Gasteiger partial charge in [-0.3, -0.25) is 47.9 Å². The van der Waals surface area contributed by atoms with Gasteiger partial charge in [-0.2, -0.15) is 0 Å². The highest BCUT2D eigenvalue weighted by Gasteiger charge is 2.38. The smallest absolute Gasteiger partial charge is 0.303 e. The number of ketones is 2. The predicted octanol–water partition coefficient (Wildman–Crippen LogP) is 2.19. The fraction of sp³-hybridized carbons (Fsp3) is 0.480. The first-order valence-electron chi connectivity index (χ1n) is 23.4. The first-order valence-corrected chi connectivity index (χ1v) is 23.4. The summed E-state index contributed by atoms with van der Waals surface area (Å²) in [5.74, 6) is -10.3. The van der Waals surface area contributed by atoms with Crippen LogP contribution in [0, 0.1) is 23.0 Å². The third-order valence-corrected chi connectivity index (χ3v) is 11.4. The molecule has 0 unspecified atom stereocenters. The largest absolute Gasteiger partial charge is 0.481 e. The van der Waals surface area contributed by atoms with Crippen molar-refractivity contribution in [1.29, 1.82) is 0 Å². The number of aromatic nitrogens is 1. The lowest BCUT2D eigenvalue weighted by Gasteiger charge is -2.41. The van der Waals surface area contributed by atoms with Crippen LogP contribution in [0.15, 0.2) is 60.8 Å². The molecule has 1 heterocycles. The zero-order chi connectivity index (χ0) is 53.9. The molecule has 72 heavy (non-hydrogen) atoms. The zero-order valence-corrected chi connectivity index (χ0v) is 41.4. The summed E-state index contributed by atoms with van der Waals surface area (Å²) in [7, 11) is 0. The Morgan fingerprint density at radius 1 is 0.806 bits per heavy atom. The minimum atomic E-state index is -1.68. The number of carbonyl (C=O) groups excluding carboxylic acids is 9. The van der Waals surface area contributed by atoms with Gasteiger partial charge in [0.2, 0.25) is 41.4 Å². The van der Waals surface area contributed by atoms with Gasteiger partial charge in [0.25, 0.3) is 0 Å². The number of amides is 7. The van der Waals surface area contributed by atoms with E-state index >= 15 is 4.39 Å². The summed E-state index contributed by atoms with van der Waals surface area (Å²) < 4.78 is 31.7. The molecule has 0 saturated heterocycles. The number of carbonyl (C=O) groups is 10. The summed E-state index contributed by atoms with van der Waals surface area (Å²) in [4.78, 5) is 128. The summed E-state index contributed by atoms with van der Waals surface area (Å²) >= 11 is 0. The molecule has 3 rings (SSSR count). The number of hydrogen-bond acceptors (Lipinski definition) is 11. The summed E-state index contributed by atoms with van der Waals surface area (Å²) in [6.07, 6.45) is -0.720. The van der Waals surface area contributed by atoms with Crippen molar-refractivity contribution >= 4 is 58.9 Å². The molecule has 22 heteroatoms. The van der Waals surface area contributed by atoms with Crippen molar-refractivity contribution in [3.63, 3.8) is 0 Å². The number of carboxylic acid groups (broad SMARTS) is 1. The number of carboxylic acids is 1. The van der Waals surface area contributed by atoms with Crippen LogP contribution in [0.2, 0.25) is 0 Å². The molecule has 392 valence electrons. The van der Waals surface area contributed by atoms with Gasteiger partial charge in [-0.15, -0.1) is 0 Å². The van der Waals surface area contributed by atoms with Crippen molar-refractivity contribution in [2.75, 3.05) is 26.2 Å². The van der Waals surface area contributed by atoms with Gasteiger partial charge in [0.15, 0.2) is 11.6 Å². The molecule has 2 aromatic carbocycles. The highest BCUT2D eigenvalue weighted by Crippen LogP contribution is 2.41. The summed E-state index contributed by atoms with van der Waals surface area (Å²) in [5.41, 5.74) is 6.05. The van der Waals surface area contributed by atoms with Crippen LogP contribution in [-0.4, -0.2) is 123 Å². The summed E-state index contributed by atoms with van der Waals surface area (Å²) in [5, 5.41) is 31.5. The number of nitrogens with zero attached hydrogens (tertiary/aromatic N) is 2. The lowest BCUT2D eigenvalue weighted by Crippen LogP contribution is -2.56. The Hall–Kier alpha value is -7.36. The maximum atomic E-state index is 15.3. The Labute approximate surface area is 416 Å². The van der Waals surface area contributed by atoms with Crippen LogP contribution >= 0.6 is 0 Å². The van der Waals surface area contributed by atoms with Gasteiger partial charge in [-0.25, -0.2) is 8.78 Å². The number of rotatable bonds is 29. The zero-order valence-electron chi connectivity index (χ0n) is 41.4. The number of halogens is 2. The van der Waals surface area contributed by atoms with E-state index in [-0.39, 0.29) is 62.9 Å². The molecule has 0 aliphatic rings. The van der Waals surface area contributed by atoms with Crippen molar-refractivity contribution in [3.8, 4) is 11.1 Å². The third kappa shape index (κ3) is 19.1. The highest BCUT2D eigenvalue weighted by atomic mass is 19.1. The van der Waals surface area contributed by atoms with E-state index in [2.05, 4.69) is 26.6 Å². The van der Waals surface area contributed by atoms with Crippen LogP contribution in [0.25, 0.3) is 11.1 Å². The number of aliphatic carboxylic acids is 1. The normalized spacial score (nSPS) is 13.3. The number of primary amides is 1. The van der Waals surface area contributed by atoms with Gasteiger partial charge < -0.3 is 52.0 Å². The van der Waals surface area contributed by atoms with E-state index in [0.717, 1.165) is 23.8 Å². The molecule has 0 radical (unpaired) electrons. The first kappa shape index (κ1) is 59.0. The topological polar surface area (TPSA) is 306 Å². The van der Waals surface area contributed by atoms with Crippen molar-refractivity contribution < 1.29 is 66.9 Å². The quantitative estimate of drug-likeness (QED) is 0.0465. The average molecular weight is 1010 g/mol. The average Bonchev–Trinajstić information content (AvgIpc) is 3.71. The molecule has 0 spiro atoms. The molecule has 20 nitrogen and oxygen atoms in total. The number of benzene rings is 2. The molecule has 0 saturated carbocycles. The fourth-order valence-corrected chi connectivity index (χ4v) is 7.81. The SMILES string of the molecule is CC(=O)N[C@@H](C)C(=O)C[C@@H](C)C(=O)N[C@@H](CC(N)=O)C(=O)N[C@@H](CCN(C(=O)CO)[C@@H](c1cc(-c2cc(F)ccc2F)cn1Cc1ccccc1)C(C)(C)C)C(=O)NCCCC(=O)CNC(=O)CCC(=O)O. The van der Waals surface area contributed by atoms with Crippen LogP contribution in [0.4, 0.5) is 8.78 Å². The Morgan fingerprint density at radius 2 is 1.47 bits per heavy atom. The van der Waals surface area contributed by atoms with E-state index in [1.165, 1.54) is 25.7 Å². The Morgan fingerprint density at radius 3 is 2.08 bits per heavy atom. The van der Waals surface area contributed by atoms with Gasteiger partial charge in [-0.1, -0.05) is 58.0 Å². The van der Waals surface area contributed by atoms with Crippen molar-refractivity contribution in [2.45, 2.75) is 117 Å². The van der Waals surface area contributed by atoms with Crippen LogP contribution in [0.1, 0.15) is 104 Å². The van der Waals surface area contributed by atoms with Crippen molar-refractivity contribution in [3.05, 3.63) is 83.7 Å². The van der Waals surface area contributed by atoms with E-state index in [0.29, 0.717) is 5.69 Å². The van der Waals surface area contributed by atoms with E-state index < -0.39 is 132 Å². The highest BCUT2D eigenvalue weighted by molar-refractivity contribution is 5.96.